The topological polar surface area (TPSA) is 108 Å². The Hall–Kier alpha value is -3.72. The molecule has 8 heteroatoms. The lowest BCUT2D eigenvalue weighted by Crippen LogP contribution is -2.53. The molecule has 0 radical (unpaired) electrons. The van der Waals surface area contributed by atoms with E-state index in [1.165, 1.54) is 5.56 Å². The molecule has 192 valence electrons. The highest BCUT2D eigenvalue weighted by atomic mass is 16.5. The average Bonchev–Trinajstić information content (AvgIpc) is 3.34. The maximum Gasteiger partial charge on any atom is 0.239 e. The second-order valence-corrected chi connectivity index (χ2v) is 9.46. The number of fused-ring (bicyclic) bond motifs is 1. The molecule has 1 atom stereocenters. The lowest BCUT2D eigenvalue weighted by atomic mass is 10.0. The van der Waals surface area contributed by atoms with Crippen molar-refractivity contribution in [2.24, 2.45) is 5.73 Å². The van der Waals surface area contributed by atoms with E-state index in [2.05, 4.69) is 39.1 Å². The minimum atomic E-state index is -0.576. The second kappa shape index (κ2) is 11.6. The molecule has 1 fully saturated rings. The number of rotatable bonds is 9. The fourth-order valence-corrected chi connectivity index (χ4v) is 4.86. The van der Waals surface area contributed by atoms with Crippen LogP contribution in [0.15, 0.2) is 73.1 Å². The van der Waals surface area contributed by atoms with E-state index >= 15 is 0 Å². The fourth-order valence-electron chi connectivity index (χ4n) is 4.86. The Morgan fingerprint density at radius 3 is 2.51 bits per heavy atom. The first-order valence-corrected chi connectivity index (χ1v) is 12.7. The van der Waals surface area contributed by atoms with Crippen molar-refractivity contribution >= 4 is 16.9 Å². The lowest BCUT2D eigenvalue weighted by Gasteiger charge is -2.36. The number of hydrogen-bond donors (Lipinski definition) is 3. The van der Waals surface area contributed by atoms with Crippen LogP contribution in [0.1, 0.15) is 16.7 Å². The van der Waals surface area contributed by atoms with Gasteiger partial charge >= 0.3 is 0 Å². The first-order valence-electron chi connectivity index (χ1n) is 12.7. The maximum atomic E-state index is 13.0. The first kappa shape index (κ1) is 25.0. The van der Waals surface area contributed by atoms with Crippen LogP contribution in [-0.2, 0) is 24.2 Å². The highest BCUT2D eigenvalue weighted by molar-refractivity contribution is 5.86. The number of ether oxygens (including phenoxy) is 1. The van der Waals surface area contributed by atoms with Crippen LogP contribution in [-0.4, -0.2) is 69.6 Å². The molecule has 0 aliphatic carbocycles. The number of nitrogens with two attached hydrogens (primary N) is 1. The van der Waals surface area contributed by atoms with E-state index in [4.69, 9.17) is 10.5 Å². The number of hydrogen-bond acceptors (Lipinski definition) is 6. The number of pyridine rings is 1. The highest BCUT2D eigenvalue weighted by Crippen LogP contribution is 2.31. The van der Waals surface area contributed by atoms with Crippen molar-refractivity contribution in [3.8, 4) is 11.5 Å². The van der Waals surface area contributed by atoms with Gasteiger partial charge in [0.1, 0.15) is 17.1 Å². The molecule has 1 saturated heterocycles. The van der Waals surface area contributed by atoms with Gasteiger partial charge in [-0.1, -0.05) is 42.5 Å². The summed E-state index contributed by atoms with van der Waals surface area (Å²) in [6.07, 6.45) is 4.54. The number of carbonyl (C=O) groups excluding carboxylic acids is 1. The zero-order chi connectivity index (χ0) is 25.6. The summed E-state index contributed by atoms with van der Waals surface area (Å²) >= 11 is 0. The predicted octanol–water partition coefficient (Wildman–Crippen LogP) is 3.10. The van der Waals surface area contributed by atoms with Crippen molar-refractivity contribution in [1.82, 2.24) is 19.8 Å². The second-order valence-electron chi connectivity index (χ2n) is 9.46. The first-order chi connectivity index (χ1) is 18.1. The van der Waals surface area contributed by atoms with Gasteiger partial charge in [0.05, 0.1) is 11.4 Å². The number of aliphatic hydroxyl groups excluding tert-OH is 1. The Labute approximate surface area is 216 Å². The van der Waals surface area contributed by atoms with Gasteiger partial charge in [-0.05, 0) is 47.7 Å². The molecule has 2 aromatic heterocycles. The molecular formula is C29H33N5O3. The molecule has 4 N–H and O–H groups in total. The predicted molar refractivity (Wildman–Crippen MR) is 143 cm³/mol. The van der Waals surface area contributed by atoms with Gasteiger partial charge in [-0.25, -0.2) is 4.98 Å². The van der Waals surface area contributed by atoms with Gasteiger partial charge in [0, 0.05) is 51.7 Å². The van der Waals surface area contributed by atoms with Gasteiger partial charge < -0.3 is 25.5 Å². The number of nitrogens with one attached hydrogen (secondary N) is 1. The smallest absolute Gasteiger partial charge is 0.239 e. The van der Waals surface area contributed by atoms with Crippen molar-refractivity contribution in [3.63, 3.8) is 0 Å². The van der Waals surface area contributed by atoms with E-state index in [0.29, 0.717) is 37.4 Å². The molecule has 0 bridgehead atoms. The van der Waals surface area contributed by atoms with Crippen molar-refractivity contribution in [3.05, 3.63) is 89.7 Å². The molecule has 0 saturated carbocycles. The summed E-state index contributed by atoms with van der Waals surface area (Å²) < 4.78 is 6.14. The summed E-state index contributed by atoms with van der Waals surface area (Å²) in [5, 5.41) is 10.2. The van der Waals surface area contributed by atoms with Crippen LogP contribution in [0.2, 0.25) is 0 Å². The van der Waals surface area contributed by atoms with Gasteiger partial charge in [-0.3, -0.25) is 9.69 Å². The Balaban J connectivity index is 1.15. The Kier molecular flexibility index (Phi) is 7.79. The molecule has 0 unspecified atom stereocenters. The number of carbonyl (C=O) groups is 1. The highest BCUT2D eigenvalue weighted by Gasteiger charge is 2.25. The zero-order valence-electron chi connectivity index (χ0n) is 20.8. The number of H-pyrrole nitrogens is 1. The quantitative estimate of drug-likeness (QED) is 0.327. The van der Waals surface area contributed by atoms with Gasteiger partial charge in [0.25, 0.3) is 0 Å². The number of amides is 1. The van der Waals surface area contributed by atoms with Crippen molar-refractivity contribution in [2.75, 3.05) is 32.8 Å². The largest absolute Gasteiger partial charge is 0.457 e. The normalized spacial score (nSPS) is 15.1. The van der Waals surface area contributed by atoms with Crippen LogP contribution in [0.3, 0.4) is 0 Å². The summed E-state index contributed by atoms with van der Waals surface area (Å²) in [7, 11) is 0. The molecule has 1 aliphatic heterocycles. The molecule has 8 nitrogen and oxygen atoms in total. The number of aromatic nitrogens is 2. The van der Waals surface area contributed by atoms with Gasteiger partial charge in [-0.15, -0.1) is 0 Å². The van der Waals surface area contributed by atoms with E-state index in [-0.39, 0.29) is 12.5 Å². The standard InChI is InChI=1S/C29H33N5O3/c30-25(29(36)34-15-13-33(14-16-34)20-22-4-2-1-3-5-22)18-21-6-8-24(9-7-21)37-26-10-12-31-28-27(26)23(11-17-35)19-32-28/h1-10,12,19,25,35H,11,13-18,20,30H2,(H,31,32)/t25-/m0/s1. The Morgan fingerprint density at radius 1 is 1.03 bits per heavy atom. The van der Waals surface area contributed by atoms with E-state index in [0.717, 1.165) is 41.8 Å². The Morgan fingerprint density at radius 2 is 1.78 bits per heavy atom. The van der Waals surface area contributed by atoms with E-state index in [1.807, 2.05) is 47.5 Å². The zero-order valence-corrected chi connectivity index (χ0v) is 20.8. The minimum absolute atomic E-state index is 0.00253. The van der Waals surface area contributed by atoms with Gasteiger partial charge in [0.15, 0.2) is 0 Å². The molecule has 37 heavy (non-hydrogen) atoms. The van der Waals surface area contributed by atoms with E-state index in [1.54, 1.807) is 6.20 Å². The van der Waals surface area contributed by atoms with Crippen LogP contribution in [0, 0.1) is 0 Å². The summed E-state index contributed by atoms with van der Waals surface area (Å²) in [6.45, 7) is 4.05. The third-order valence-electron chi connectivity index (χ3n) is 6.86. The summed E-state index contributed by atoms with van der Waals surface area (Å²) in [5.41, 5.74) is 10.3. The molecule has 2 aromatic carbocycles. The average molecular weight is 500 g/mol. The third kappa shape index (κ3) is 5.99. The minimum Gasteiger partial charge on any atom is -0.457 e. The molecule has 4 aromatic rings. The van der Waals surface area contributed by atoms with Crippen LogP contribution in [0.4, 0.5) is 0 Å². The number of aromatic amines is 1. The number of aliphatic hydroxyl groups is 1. The van der Waals surface area contributed by atoms with Crippen LogP contribution in [0.5, 0.6) is 11.5 Å². The molecule has 5 rings (SSSR count). The van der Waals surface area contributed by atoms with Crippen LogP contribution >= 0.6 is 0 Å². The summed E-state index contributed by atoms with van der Waals surface area (Å²) in [6, 6.07) is 19.3. The molecule has 3 heterocycles. The molecular weight excluding hydrogens is 466 g/mol. The van der Waals surface area contributed by atoms with Gasteiger partial charge in [-0.2, -0.15) is 0 Å². The van der Waals surface area contributed by atoms with E-state index in [9.17, 15) is 9.90 Å². The Bertz CT molecular complexity index is 1310. The fraction of sp³-hybridized carbons (Fsp3) is 0.310. The lowest BCUT2D eigenvalue weighted by molar-refractivity contribution is -0.134. The van der Waals surface area contributed by atoms with Crippen molar-refractivity contribution < 1.29 is 14.6 Å². The summed E-state index contributed by atoms with van der Waals surface area (Å²) in [4.78, 5) is 24.7. The maximum absolute atomic E-state index is 13.0. The monoisotopic (exact) mass is 499 g/mol. The number of nitrogens with zero attached hydrogens (tertiary/aromatic N) is 3. The van der Waals surface area contributed by atoms with E-state index < -0.39 is 6.04 Å². The number of benzene rings is 2. The van der Waals surface area contributed by atoms with Crippen molar-refractivity contribution in [2.45, 2.75) is 25.4 Å². The molecule has 1 amide bonds. The van der Waals surface area contributed by atoms with Gasteiger partial charge in [0.2, 0.25) is 5.91 Å². The summed E-state index contributed by atoms with van der Waals surface area (Å²) in [5.74, 6) is 1.37. The van der Waals surface area contributed by atoms with Crippen molar-refractivity contribution in [1.29, 1.82) is 0 Å². The van der Waals surface area contributed by atoms with Crippen LogP contribution in [0.25, 0.3) is 11.0 Å². The third-order valence-corrected chi connectivity index (χ3v) is 6.86. The SMILES string of the molecule is N[C@@H](Cc1ccc(Oc2ccnc3[nH]cc(CCO)c23)cc1)C(=O)N1CCN(Cc2ccccc2)CC1. The number of piperazine rings is 1. The molecule has 1 aliphatic rings. The van der Waals surface area contributed by atoms with Crippen LogP contribution < -0.4 is 10.5 Å². The molecule has 0 spiro atoms.